The minimum absolute atomic E-state index is 0.276. The van der Waals surface area contributed by atoms with Gasteiger partial charge in [0, 0.05) is 29.5 Å². The van der Waals surface area contributed by atoms with Gasteiger partial charge in [-0.15, -0.1) is 11.8 Å². The van der Waals surface area contributed by atoms with Gasteiger partial charge < -0.3 is 10.3 Å². The molecule has 0 atom stereocenters. The zero-order valence-corrected chi connectivity index (χ0v) is 10.2. The van der Waals surface area contributed by atoms with E-state index in [0.717, 1.165) is 23.6 Å². The number of nitrogens with two attached hydrogens (primary N) is 1. The summed E-state index contributed by atoms with van der Waals surface area (Å²) in [5.41, 5.74) is 6.05. The fourth-order valence-corrected chi connectivity index (χ4v) is 2.45. The molecule has 0 radical (unpaired) electrons. The number of hydrogen-bond acceptors (Lipinski definition) is 3. The molecule has 17 heavy (non-hydrogen) atoms. The highest BCUT2D eigenvalue weighted by Gasteiger charge is 1.99. The largest absolute Gasteiger partial charge is 0.399 e. The number of halogens is 1. The lowest BCUT2D eigenvalue weighted by molar-refractivity contribution is 0.625. The molecule has 0 spiro atoms. The van der Waals surface area contributed by atoms with Crippen LogP contribution < -0.4 is 5.73 Å². The molecule has 0 aliphatic carbocycles. The summed E-state index contributed by atoms with van der Waals surface area (Å²) in [6.07, 6.45) is 6.51. The molecule has 90 valence electrons. The van der Waals surface area contributed by atoms with Crippen LogP contribution in [0.2, 0.25) is 0 Å². The molecule has 1 aromatic carbocycles. The lowest BCUT2D eigenvalue weighted by Gasteiger charge is -2.04. The summed E-state index contributed by atoms with van der Waals surface area (Å²) in [6.45, 7) is 0.928. The average molecular weight is 251 g/mol. The van der Waals surface area contributed by atoms with Crippen LogP contribution in [0.3, 0.4) is 0 Å². The molecule has 0 fully saturated rings. The van der Waals surface area contributed by atoms with Crippen molar-refractivity contribution >= 4 is 17.4 Å². The lowest BCUT2D eigenvalue weighted by atomic mass is 10.3. The maximum Gasteiger partial charge on any atom is 0.126 e. The van der Waals surface area contributed by atoms with E-state index >= 15 is 0 Å². The predicted molar refractivity (Wildman–Crippen MR) is 68.4 cm³/mol. The van der Waals surface area contributed by atoms with Gasteiger partial charge in [0.15, 0.2) is 0 Å². The minimum Gasteiger partial charge on any atom is -0.399 e. The molecule has 5 heteroatoms. The van der Waals surface area contributed by atoms with Gasteiger partial charge >= 0.3 is 0 Å². The number of nitrogens with zero attached hydrogens (tertiary/aromatic N) is 2. The molecule has 3 nitrogen and oxygen atoms in total. The summed E-state index contributed by atoms with van der Waals surface area (Å²) < 4.78 is 15.1. The topological polar surface area (TPSA) is 43.8 Å². The van der Waals surface area contributed by atoms with E-state index in [2.05, 4.69) is 4.98 Å². The molecule has 2 aromatic rings. The monoisotopic (exact) mass is 251 g/mol. The highest BCUT2D eigenvalue weighted by molar-refractivity contribution is 7.99. The van der Waals surface area contributed by atoms with Gasteiger partial charge in [-0.1, -0.05) is 0 Å². The first-order valence-electron chi connectivity index (χ1n) is 5.38. The fourth-order valence-electron chi connectivity index (χ4n) is 1.52. The Hall–Kier alpha value is -1.49. The van der Waals surface area contributed by atoms with Crippen molar-refractivity contribution in [2.24, 2.45) is 0 Å². The van der Waals surface area contributed by atoms with E-state index in [1.54, 1.807) is 30.4 Å². The van der Waals surface area contributed by atoms with Crippen molar-refractivity contribution in [2.45, 2.75) is 17.9 Å². The molecule has 1 heterocycles. The Morgan fingerprint density at radius 1 is 1.35 bits per heavy atom. The van der Waals surface area contributed by atoms with Crippen molar-refractivity contribution in [3.63, 3.8) is 0 Å². The Morgan fingerprint density at radius 2 is 2.24 bits per heavy atom. The number of hydrogen-bond donors (Lipinski definition) is 1. The van der Waals surface area contributed by atoms with E-state index in [0.29, 0.717) is 5.69 Å². The van der Waals surface area contributed by atoms with Gasteiger partial charge in [0.05, 0.1) is 6.33 Å². The van der Waals surface area contributed by atoms with Gasteiger partial charge in [0.2, 0.25) is 0 Å². The molecule has 1 aromatic heterocycles. The van der Waals surface area contributed by atoms with Crippen molar-refractivity contribution in [1.82, 2.24) is 9.55 Å². The van der Waals surface area contributed by atoms with Crippen molar-refractivity contribution in [2.75, 3.05) is 11.5 Å². The summed E-state index contributed by atoms with van der Waals surface area (Å²) in [4.78, 5) is 4.85. The number of rotatable bonds is 5. The molecule has 0 bridgehead atoms. The summed E-state index contributed by atoms with van der Waals surface area (Å²) in [5, 5.41) is 0. The van der Waals surface area contributed by atoms with Gasteiger partial charge in [0.25, 0.3) is 0 Å². The Kier molecular flexibility index (Phi) is 4.03. The number of aryl methyl sites for hydroxylation is 1. The zero-order valence-electron chi connectivity index (χ0n) is 9.34. The number of aromatic nitrogens is 2. The highest BCUT2D eigenvalue weighted by Crippen LogP contribution is 2.22. The van der Waals surface area contributed by atoms with Crippen LogP contribution in [0, 0.1) is 5.82 Å². The molecular weight excluding hydrogens is 237 g/mol. The van der Waals surface area contributed by atoms with Crippen molar-refractivity contribution in [3.05, 3.63) is 42.7 Å². The minimum atomic E-state index is -0.276. The molecule has 2 rings (SSSR count). The van der Waals surface area contributed by atoms with Crippen molar-refractivity contribution in [1.29, 1.82) is 0 Å². The molecule has 0 saturated heterocycles. The van der Waals surface area contributed by atoms with Gasteiger partial charge in [-0.2, -0.15) is 0 Å². The first-order valence-corrected chi connectivity index (χ1v) is 6.37. The van der Waals surface area contributed by atoms with Crippen molar-refractivity contribution < 1.29 is 4.39 Å². The summed E-state index contributed by atoms with van der Waals surface area (Å²) in [6, 6.07) is 4.64. The smallest absolute Gasteiger partial charge is 0.126 e. The van der Waals surface area contributed by atoms with E-state index in [9.17, 15) is 4.39 Å². The van der Waals surface area contributed by atoms with Crippen LogP contribution >= 0.6 is 11.8 Å². The van der Waals surface area contributed by atoms with E-state index < -0.39 is 0 Å². The average Bonchev–Trinajstić information content (AvgIpc) is 2.76. The second kappa shape index (κ2) is 5.72. The van der Waals surface area contributed by atoms with Gasteiger partial charge in [0.1, 0.15) is 5.82 Å². The van der Waals surface area contributed by atoms with Crippen LogP contribution in [0.5, 0.6) is 0 Å². The van der Waals surface area contributed by atoms with Crippen LogP contribution in [0.15, 0.2) is 41.8 Å². The standard InChI is InChI=1S/C12H14FN3S/c13-10-6-11(14)8-12(7-10)17-5-1-3-16-4-2-15-9-16/h2,4,6-9H,1,3,5,14H2. The van der Waals surface area contributed by atoms with Crippen molar-refractivity contribution in [3.8, 4) is 0 Å². The van der Waals surface area contributed by atoms with E-state index in [4.69, 9.17) is 5.73 Å². The zero-order chi connectivity index (χ0) is 12.1. The molecule has 0 saturated carbocycles. The number of anilines is 1. The van der Waals surface area contributed by atoms with Gasteiger partial charge in [-0.3, -0.25) is 0 Å². The maximum absolute atomic E-state index is 13.1. The Balaban J connectivity index is 1.78. The Morgan fingerprint density at radius 3 is 2.94 bits per heavy atom. The Bertz CT molecular complexity index is 450. The first-order chi connectivity index (χ1) is 8.24. The molecule has 0 aliphatic rings. The molecule has 2 N–H and O–H groups in total. The van der Waals surface area contributed by atoms with E-state index in [1.165, 1.54) is 12.1 Å². The number of thioether (sulfide) groups is 1. The summed E-state index contributed by atoms with van der Waals surface area (Å²) in [5.74, 6) is 0.656. The SMILES string of the molecule is Nc1cc(F)cc(SCCCn2ccnc2)c1. The van der Waals surface area contributed by atoms with Crippen LogP contribution in [-0.4, -0.2) is 15.3 Å². The number of nitrogen functional groups attached to an aromatic ring is 1. The second-order valence-electron chi connectivity index (χ2n) is 3.72. The van der Waals surface area contributed by atoms with Gasteiger partial charge in [-0.25, -0.2) is 9.37 Å². The number of benzene rings is 1. The predicted octanol–water partition coefficient (Wildman–Crippen LogP) is 2.79. The first kappa shape index (κ1) is 12.0. The molecular formula is C12H14FN3S. The highest BCUT2D eigenvalue weighted by atomic mass is 32.2. The third kappa shape index (κ3) is 3.78. The third-order valence-corrected chi connectivity index (χ3v) is 3.34. The van der Waals surface area contributed by atoms with Gasteiger partial charge in [-0.05, 0) is 30.4 Å². The lowest BCUT2D eigenvalue weighted by Crippen LogP contribution is -1.95. The van der Waals surface area contributed by atoms with E-state index in [1.807, 2.05) is 10.8 Å². The summed E-state index contributed by atoms with van der Waals surface area (Å²) >= 11 is 1.62. The van der Waals surface area contributed by atoms with E-state index in [-0.39, 0.29) is 5.82 Å². The van der Waals surface area contributed by atoms with Crippen LogP contribution in [0.1, 0.15) is 6.42 Å². The summed E-state index contributed by atoms with van der Waals surface area (Å²) in [7, 11) is 0. The third-order valence-electron chi connectivity index (χ3n) is 2.28. The van der Waals surface area contributed by atoms with Crippen LogP contribution in [0.4, 0.5) is 10.1 Å². The quantitative estimate of drug-likeness (QED) is 0.505. The Labute approximate surface area is 104 Å². The second-order valence-corrected chi connectivity index (χ2v) is 4.89. The number of imidazole rings is 1. The molecule has 0 amide bonds. The molecule has 0 aliphatic heterocycles. The van der Waals surface area contributed by atoms with Crippen LogP contribution in [-0.2, 0) is 6.54 Å². The van der Waals surface area contributed by atoms with Crippen LogP contribution in [0.25, 0.3) is 0 Å². The fraction of sp³-hybridized carbons (Fsp3) is 0.250. The molecule has 0 unspecified atom stereocenters. The normalized spacial score (nSPS) is 10.6. The maximum atomic E-state index is 13.1.